The van der Waals surface area contributed by atoms with E-state index in [-0.39, 0.29) is 11.4 Å². The molecule has 0 unspecified atom stereocenters. The van der Waals surface area contributed by atoms with E-state index >= 15 is 0 Å². The predicted octanol–water partition coefficient (Wildman–Crippen LogP) is 0.868. The molecule has 2 aliphatic rings. The first-order valence-corrected chi connectivity index (χ1v) is 7.89. The summed E-state index contributed by atoms with van der Waals surface area (Å²) < 4.78 is 0. The van der Waals surface area contributed by atoms with Crippen molar-refractivity contribution in [3.05, 3.63) is 30.1 Å². The van der Waals surface area contributed by atoms with Crippen LogP contribution in [0.3, 0.4) is 0 Å². The van der Waals surface area contributed by atoms with Gasteiger partial charge in [-0.2, -0.15) is 0 Å². The van der Waals surface area contributed by atoms with E-state index in [0.717, 1.165) is 52.1 Å². The Hall–Kier alpha value is -1.46. The van der Waals surface area contributed by atoms with Crippen LogP contribution in [0.2, 0.25) is 0 Å². The van der Waals surface area contributed by atoms with E-state index in [1.165, 1.54) is 5.56 Å². The molecular formula is C16H24N4O. The number of nitrogens with zero attached hydrogens (tertiary/aromatic N) is 3. The molecule has 1 aromatic rings. The fourth-order valence-electron chi connectivity index (χ4n) is 3.66. The summed E-state index contributed by atoms with van der Waals surface area (Å²) in [7, 11) is 0. The average Bonchev–Trinajstić information content (AvgIpc) is 2.53. The maximum atomic E-state index is 12.4. The standard InChI is InChI=1S/C16H24N4O/c1-2-20-12-9-18-15(21)16(20)5-10-19(11-6-16)13-14-3-7-17-8-4-14/h3-4,7-8H,2,5-6,9-13H2,1H3,(H,18,21). The fraction of sp³-hybridized carbons (Fsp3) is 0.625. The van der Waals surface area contributed by atoms with Crippen molar-refractivity contribution in [2.75, 3.05) is 32.7 Å². The molecule has 5 nitrogen and oxygen atoms in total. The molecule has 0 saturated carbocycles. The van der Waals surface area contributed by atoms with Crippen LogP contribution in [0.5, 0.6) is 0 Å². The van der Waals surface area contributed by atoms with Crippen LogP contribution in [-0.4, -0.2) is 59.0 Å². The molecule has 1 spiro atoms. The van der Waals surface area contributed by atoms with E-state index in [0.29, 0.717) is 0 Å². The number of piperazine rings is 1. The summed E-state index contributed by atoms with van der Waals surface area (Å²) in [5.41, 5.74) is 1.03. The van der Waals surface area contributed by atoms with Gasteiger partial charge >= 0.3 is 0 Å². The lowest BCUT2D eigenvalue weighted by atomic mass is 9.83. The molecule has 0 atom stereocenters. The lowest BCUT2D eigenvalue weighted by molar-refractivity contribution is -0.141. The van der Waals surface area contributed by atoms with Crippen molar-refractivity contribution in [3.8, 4) is 0 Å². The molecule has 21 heavy (non-hydrogen) atoms. The Kier molecular flexibility index (Phi) is 4.22. The van der Waals surface area contributed by atoms with E-state index < -0.39 is 0 Å². The Morgan fingerprint density at radius 3 is 2.62 bits per heavy atom. The quantitative estimate of drug-likeness (QED) is 0.896. The van der Waals surface area contributed by atoms with E-state index in [2.05, 4.69) is 39.2 Å². The molecule has 1 aromatic heterocycles. The highest BCUT2D eigenvalue weighted by Crippen LogP contribution is 2.31. The van der Waals surface area contributed by atoms with Crippen molar-refractivity contribution < 1.29 is 4.79 Å². The summed E-state index contributed by atoms with van der Waals surface area (Å²) in [5, 5.41) is 3.06. The van der Waals surface area contributed by atoms with E-state index in [1.54, 1.807) is 0 Å². The number of piperidine rings is 1. The molecule has 2 saturated heterocycles. The van der Waals surface area contributed by atoms with E-state index in [4.69, 9.17) is 0 Å². The Balaban J connectivity index is 1.64. The highest BCUT2D eigenvalue weighted by molar-refractivity contribution is 5.87. The van der Waals surface area contributed by atoms with Crippen molar-refractivity contribution in [1.82, 2.24) is 20.1 Å². The minimum atomic E-state index is -0.262. The second-order valence-electron chi connectivity index (χ2n) is 6.00. The number of carbonyl (C=O) groups is 1. The number of rotatable bonds is 3. The van der Waals surface area contributed by atoms with Crippen molar-refractivity contribution in [3.63, 3.8) is 0 Å². The Morgan fingerprint density at radius 1 is 1.24 bits per heavy atom. The molecule has 0 bridgehead atoms. The lowest BCUT2D eigenvalue weighted by Gasteiger charge is -2.49. The normalized spacial score (nSPS) is 23.2. The van der Waals surface area contributed by atoms with Gasteiger partial charge < -0.3 is 5.32 Å². The smallest absolute Gasteiger partial charge is 0.240 e. The Labute approximate surface area is 126 Å². The van der Waals surface area contributed by atoms with Crippen LogP contribution in [0, 0.1) is 0 Å². The first-order chi connectivity index (χ1) is 10.2. The molecule has 3 rings (SSSR count). The topological polar surface area (TPSA) is 48.5 Å². The molecular weight excluding hydrogens is 264 g/mol. The summed E-state index contributed by atoms with van der Waals surface area (Å²) >= 11 is 0. The van der Waals surface area contributed by atoms with Crippen molar-refractivity contribution in [2.45, 2.75) is 31.8 Å². The Morgan fingerprint density at radius 2 is 1.95 bits per heavy atom. The van der Waals surface area contributed by atoms with E-state index in [9.17, 15) is 4.79 Å². The number of pyridine rings is 1. The van der Waals surface area contributed by atoms with Gasteiger partial charge in [0.2, 0.25) is 5.91 Å². The van der Waals surface area contributed by atoms with Crippen molar-refractivity contribution >= 4 is 5.91 Å². The molecule has 0 aromatic carbocycles. The SMILES string of the molecule is CCN1CCNC(=O)C12CCN(Cc1ccncc1)CC2. The summed E-state index contributed by atoms with van der Waals surface area (Å²) in [4.78, 5) is 21.3. The van der Waals surface area contributed by atoms with Gasteiger partial charge in [-0.05, 0) is 37.1 Å². The maximum absolute atomic E-state index is 12.4. The number of hydrogen-bond acceptors (Lipinski definition) is 4. The predicted molar refractivity (Wildman–Crippen MR) is 81.7 cm³/mol. The molecule has 0 aliphatic carbocycles. The van der Waals surface area contributed by atoms with Crippen LogP contribution in [-0.2, 0) is 11.3 Å². The zero-order chi connectivity index (χ0) is 14.7. The molecule has 2 fully saturated rings. The number of carbonyl (C=O) groups excluding carboxylic acids is 1. The number of hydrogen-bond donors (Lipinski definition) is 1. The molecule has 1 N–H and O–H groups in total. The van der Waals surface area contributed by atoms with Crippen molar-refractivity contribution in [2.24, 2.45) is 0 Å². The summed E-state index contributed by atoms with van der Waals surface area (Å²) in [5.74, 6) is 0.235. The summed E-state index contributed by atoms with van der Waals surface area (Å²) in [6.45, 7) is 7.79. The fourth-order valence-corrected chi connectivity index (χ4v) is 3.66. The molecule has 5 heteroatoms. The van der Waals surface area contributed by atoms with Crippen LogP contribution >= 0.6 is 0 Å². The minimum Gasteiger partial charge on any atom is -0.353 e. The highest BCUT2D eigenvalue weighted by Gasteiger charge is 2.47. The third-order valence-electron chi connectivity index (χ3n) is 4.92. The zero-order valence-electron chi connectivity index (χ0n) is 12.7. The molecule has 1 amide bonds. The maximum Gasteiger partial charge on any atom is 0.240 e. The molecule has 114 valence electrons. The number of aromatic nitrogens is 1. The Bertz CT molecular complexity index is 482. The van der Waals surface area contributed by atoms with Crippen LogP contribution in [0.4, 0.5) is 0 Å². The third-order valence-corrected chi connectivity index (χ3v) is 4.92. The summed E-state index contributed by atoms with van der Waals surface area (Å²) in [6, 6.07) is 4.13. The monoisotopic (exact) mass is 288 g/mol. The van der Waals surface area contributed by atoms with Gasteiger partial charge in [0.15, 0.2) is 0 Å². The average molecular weight is 288 g/mol. The second kappa shape index (κ2) is 6.12. The molecule has 0 radical (unpaired) electrons. The molecule has 3 heterocycles. The van der Waals surface area contributed by atoms with Crippen LogP contribution in [0.1, 0.15) is 25.3 Å². The largest absolute Gasteiger partial charge is 0.353 e. The zero-order valence-corrected chi connectivity index (χ0v) is 12.7. The van der Waals surface area contributed by atoms with Gasteiger partial charge in [0, 0.05) is 45.1 Å². The van der Waals surface area contributed by atoms with Crippen LogP contribution in [0.25, 0.3) is 0 Å². The lowest BCUT2D eigenvalue weighted by Crippen LogP contribution is -2.67. The van der Waals surface area contributed by atoms with Gasteiger partial charge in [0.05, 0.1) is 0 Å². The first-order valence-electron chi connectivity index (χ1n) is 7.89. The first kappa shape index (κ1) is 14.5. The third kappa shape index (κ3) is 2.80. The van der Waals surface area contributed by atoms with Gasteiger partial charge in [0.1, 0.15) is 5.54 Å². The van der Waals surface area contributed by atoms with Gasteiger partial charge in [-0.1, -0.05) is 6.92 Å². The summed E-state index contributed by atoms with van der Waals surface area (Å²) in [6.07, 6.45) is 5.54. The number of amides is 1. The van der Waals surface area contributed by atoms with Gasteiger partial charge in [-0.3, -0.25) is 19.6 Å². The minimum absolute atomic E-state index is 0.235. The van der Waals surface area contributed by atoms with Gasteiger partial charge in [-0.25, -0.2) is 0 Å². The second-order valence-corrected chi connectivity index (χ2v) is 6.00. The number of likely N-dealkylation sites (tertiary alicyclic amines) is 1. The number of nitrogens with one attached hydrogen (secondary N) is 1. The number of likely N-dealkylation sites (N-methyl/N-ethyl adjacent to an activating group) is 1. The van der Waals surface area contributed by atoms with E-state index in [1.807, 2.05) is 12.4 Å². The van der Waals surface area contributed by atoms with Crippen LogP contribution < -0.4 is 5.32 Å². The highest BCUT2D eigenvalue weighted by atomic mass is 16.2. The molecule has 2 aliphatic heterocycles. The van der Waals surface area contributed by atoms with Crippen LogP contribution in [0.15, 0.2) is 24.5 Å². The van der Waals surface area contributed by atoms with Gasteiger partial charge in [-0.15, -0.1) is 0 Å². The van der Waals surface area contributed by atoms with Gasteiger partial charge in [0.25, 0.3) is 0 Å². The van der Waals surface area contributed by atoms with Crippen molar-refractivity contribution in [1.29, 1.82) is 0 Å².